The van der Waals surface area contributed by atoms with Gasteiger partial charge in [0.15, 0.2) is 0 Å². The molecule has 18 heavy (non-hydrogen) atoms. The summed E-state index contributed by atoms with van der Waals surface area (Å²) in [6.45, 7) is 2.39. The van der Waals surface area contributed by atoms with E-state index in [-0.39, 0.29) is 0 Å². The van der Waals surface area contributed by atoms with Crippen LogP contribution in [0, 0.1) is 0 Å². The molecule has 0 aliphatic heterocycles. The monoisotopic (exact) mass is 249 g/mol. The molecule has 2 aromatic rings. The zero-order valence-corrected chi connectivity index (χ0v) is 10.8. The first-order valence-electron chi connectivity index (χ1n) is 6.02. The number of aryl methyl sites for hydroxylation is 2. The van der Waals surface area contributed by atoms with Gasteiger partial charge in [-0.3, -0.25) is 4.68 Å². The lowest BCUT2D eigenvalue weighted by molar-refractivity contribution is 0.190. The molecular weight excluding hydrogens is 230 g/mol. The molecule has 0 amide bonds. The number of nitrogens with zero attached hydrogens (tertiary/aromatic N) is 4. The van der Waals surface area contributed by atoms with Gasteiger partial charge in [0.25, 0.3) is 0 Å². The minimum absolute atomic E-state index is 0.720. The Morgan fingerprint density at radius 2 is 2.28 bits per heavy atom. The molecule has 0 saturated heterocycles. The second-order valence-electron chi connectivity index (χ2n) is 4.09. The molecule has 0 spiro atoms. The lowest BCUT2D eigenvalue weighted by Crippen LogP contribution is -2.10. The van der Waals surface area contributed by atoms with E-state index in [1.807, 2.05) is 24.0 Å². The molecule has 2 rings (SSSR count). The van der Waals surface area contributed by atoms with Crippen molar-refractivity contribution in [2.75, 3.05) is 19.0 Å². The summed E-state index contributed by atoms with van der Waals surface area (Å²) in [7, 11) is 3.65. The van der Waals surface area contributed by atoms with E-state index in [4.69, 9.17) is 4.74 Å². The van der Waals surface area contributed by atoms with E-state index in [0.717, 1.165) is 37.8 Å². The SMILES string of the molecule is COCCCn1ccnc1NCc1ccnn1C. The summed E-state index contributed by atoms with van der Waals surface area (Å²) in [5.41, 5.74) is 1.13. The maximum atomic E-state index is 5.05. The van der Waals surface area contributed by atoms with Crippen molar-refractivity contribution < 1.29 is 4.74 Å². The van der Waals surface area contributed by atoms with Gasteiger partial charge in [-0.15, -0.1) is 0 Å². The molecule has 0 aliphatic rings. The molecule has 0 radical (unpaired) electrons. The molecule has 2 aromatic heterocycles. The van der Waals surface area contributed by atoms with Crippen LogP contribution in [0.1, 0.15) is 12.1 Å². The Labute approximate surface area is 107 Å². The summed E-state index contributed by atoms with van der Waals surface area (Å²) in [6.07, 6.45) is 6.55. The van der Waals surface area contributed by atoms with E-state index in [0.29, 0.717) is 0 Å². The Bertz CT molecular complexity index is 476. The number of rotatable bonds is 7. The Balaban J connectivity index is 1.89. The second-order valence-corrected chi connectivity index (χ2v) is 4.09. The highest BCUT2D eigenvalue weighted by molar-refractivity contribution is 5.27. The average Bonchev–Trinajstić information content (AvgIpc) is 2.96. The van der Waals surface area contributed by atoms with Crippen molar-refractivity contribution in [2.24, 2.45) is 7.05 Å². The van der Waals surface area contributed by atoms with Crippen LogP contribution < -0.4 is 5.32 Å². The normalized spacial score (nSPS) is 10.8. The van der Waals surface area contributed by atoms with Crippen LogP contribution in [0.15, 0.2) is 24.7 Å². The molecule has 2 heterocycles. The molecule has 0 aromatic carbocycles. The number of hydrogen-bond donors (Lipinski definition) is 1. The van der Waals surface area contributed by atoms with Gasteiger partial charge >= 0.3 is 0 Å². The fourth-order valence-electron chi connectivity index (χ4n) is 1.78. The van der Waals surface area contributed by atoms with Gasteiger partial charge in [0.2, 0.25) is 5.95 Å². The van der Waals surface area contributed by atoms with Crippen molar-refractivity contribution in [3.8, 4) is 0 Å². The van der Waals surface area contributed by atoms with Gasteiger partial charge in [-0.05, 0) is 12.5 Å². The van der Waals surface area contributed by atoms with Crippen molar-refractivity contribution in [1.29, 1.82) is 0 Å². The van der Waals surface area contributed by atoms with Crippen LogP contribution in [0.4, 0.5) is 5.95 Å². The number of ether oxygens (including phenoxy) is 1. The molecule has 0 saturated carbocycles. The van der Waals surface area contributed by atoms with Crippen molar-refractivity contribution in [3.05, 3.63) is 30.4 Å². The van der Waals surface area contributed by atoms with Crippen molar-refractivity contribution in [2.45, 2.75) is 19.5 Å². The van der Waals surface area contributed by atoms with E-state index in [1.54, 1.807) is 19.5 Å². The summed E-state index contributed by atoms with van der Waals surface area (Å²) in [6, 6.07) is 1.99. The second kappa shape index (κ2) is 6.20. The van der Waals surface area contributed by atoms with Gasteiger partial charge in [0.05, 0.1) is 12.2 Å². The molecule has 6 heteroatoms. The van der Waals surface area contributed by atoms with Gasteiger partial charge in [-0.1, -0.05) is 0 Å². The zero-order valence-electron chi connectivity index (χ0n) is 10.8. The van der Waals surface area contributed by atoms with Gasteiger partial charge in [0.1, 0.15) is 0 Å². The van der Waals surface area contributed by atoms with Crippen molar-refractivity contribution >= 4 is 5.95 Å². The van der Waals surface area contributed by atoms with Gasteiger partial charge in [-0.25, -0.2) is 4.98 Å². The van der Waals surface area contributed by atoms with Crippen molar-refractivity contribution in [1.82, 2.24) is 19.3 Å². The summed E-state index contributed by atoms with van der Waals surface area (Å²) in [5, 5.41) is 7.45. The summed E-state index contributed by atoms with van der Waals surface area (Å²) < 4.78 is 8.99. The highest BCUT2D eigenvalue weighted by Crippen LogP contribution is 2.07. The topological polar surface area (TPSA) is 56.9 Å². The van der Waals surface area contributed by atoms with Crippen LogP contribution in [0.2, 0.25) is 0 Å². The zero-order chi connectivity index (χ0) is 12.8. The summed E-state index contributed by atoms with van der Waals surface area (Å²) in [4.78, 5) is 4.31. The lowest BCUT2D eigenvalue weighted by atomic mass is 10.4. The first-order valence-corrected chi connectivity index (χ1v) is 6.02. The Morgan fingerprint density at radius 3 is 3.00 bits per heavy atom. The molecule has 0 bridgehead atoms. The molecule has 1 N–H and O–H groups in total. The first kappa shape index (κ1) is 12.6. The molecular formula is C12H19N5O. The number of aromatic nitrogens is 4. The molecule has 98 valence electrons. The quantitative estimate of drug-likeness (QED) is 0.751. The predicted octanol–water partition coefficient (Wildman–Crippen LogP) is 1.27. The minimum atomic E-state index is 0.720. The van der Waals surface area contributed by atoms with E-state index in [2.05, 4.69) is 20.0 Å². The van der Waals surface area contributed by atoms with Crippen molar-refractivity contribution in [3.63, 3.8) is 0 Å². The largest absolute Gasteiger partial charge is 0.385 e. The number of imidazole rings is 1. The highest BCUT2D eigenvalue weighted by atomic mass is 16.5. The van der Waals surface area contributed by atoms with Gasteiger partial charge < -0.3 is 14.6 Å². The van der Waals surface area contributed by atoms with E-state index >= 15 is 0 Å². The van der Waals surface area contributed by atoms with Crippen LogP contribution in [0.3, 0.4) is 0 Å². The molecule has 0 unspecified atom stereocenters. The maximum Gasteiger partial charge on any atom is 0.203 e. The summed E-state index contributed by atoms with van der Waals surface area (Å²) >= 11 is 0. The summed E-state index contributed by atoms with van der Waals surface area (Å²) in [5.74, 6) is 0.882. The predicted molar refractivity (Wildman–Crippen MR) is 69.3 cm³/mol. The van der Waals surface area contributed by atoms with Gasteiger partial charge in [0, 0.05) is 45.9 Å². The smallest absolute Gasteiger partial charge is 0.203 e. The highest BCUT2D eigenvalue weighted by Gasteiger charge is 2.03. The lowest BCUT2D eigenvalue weighted by Gasteiger charge is -2.09. The number of hydrogen-bond acceptors (Lipinski definition) is 4. The maximum absolute atomic E-state index is 5.05. The van der Waals surface area contributed by atoms with Gasteiger partial charge in [-0.2, -0.15) is 5.10 Å². The molecule has 0 fully saturated rings. The Kier molecular flexibility index (Phi) is 4.35. The molecule has 0 atom stereocenters. The third-order valence-electron chi connectivity index (χ3n) is 2.81. The minimum Gasteiger partial charge on any atom is -0.385 e. The molecule has 0 aliphatic carbocycles. The number of anilines is 1. The van der Waals surface area contributed by atoms with Crippen LogP contribution >= 0.6 is 0 Å². The number of nitrogens with one attached hydrogen (secondary N) is 1. The van der Waals surface area contributed by atoms with E-state index in [9.17, 15) is 0 Å². The Hall–Kier alpha value is -1.82. The number of methoxy groups -OCH3 is 1. The third-order valence-corrected chi connectivity index (χ3v) is 2.81. The standard InChI is InChI=1S/C12H19N5O/c1-16-11(4-5-15-16)10-14-12-13-6-8-17(12)7-3-9-18-2/h4-6,8H,3,7,9-10H2,1-2H3,(H,13,14). The van der Waals surface area contributed by atoms with Crippen LogP contribution in [-0.4, -0.2) is 33.0 Å². The fourth-order valence-corrected chi connectivity index (χ4v) is 1.78. The molecule has 6 nitrogen and oxygen atoms in total. The fraction of sp³-hybridized carbons (Fsp3) is 0.500. The van der Waals surface area contributed by atoms with Crippen LogP contribution in [0.5, 0.6) is 0 Å². The third kappa shape index (κ3) is 3.10. The Morgan fingerprint density at radius 1 is 1.39 bits per heavy atom. The first-order chi connectivity index (χ1) is 8.81. The van der Waals surface area contributed by atoms with E-state index < -0.39 is 0 Å². The van der Waals surface area contributed by atoms with Crippen LogP contribution in [0.25, 0.3) is 0 Å². The average molecular weight is 249 g/mol. The van der Waals surface area contributed by atoms with E-state index in [1.165, 1.54) is 0 Å². The van der Waals surface area contributed by atoms with Crippen LogP contribution in [-0.2, 0) is 24.9 Å².